The molecule has 3 nitrogen and oxygen atoms in total. The van der Waals surface area contributed by atoms with Crippen LogP contribution in [0.5, 0.6) is 0 Å². The second-order valence-corrected chi connectivity index (χ2v) is 7.85. The summed E-state index contributed by atoms with van der Waals surface area (Å²) < 4.78 is 0. The lowest BCUT2D eigenvalue weighted by molar-refractivity contribution is -0.128. The summed E-state index contributed by atoms with van der Waals surface area (Å²) in [5.41, 5.74) is 5.95. The monoisotopic (exact) mass is 379 g/mol. The number of rotatable bonds is 18. The van der Waals surface area contributed by atoms with Gasteiger partial charge in [0.2, 0.25) is 0 Å². The molecule has 0 aliphatic carbocycles. The van der Waals surface area contributed by atoms with Crippen LogP contribution in [0.1, 0.15) is 104 Å². The third-order valence-corrected chi connectivity index (χ3v) is 5.37. The van der Waals surface area contributed by atoms with Gasteiger partial charge in [-0.3, -0.25) is 4.79 Å². The van der Waals surface area contributed by atoms with Gasteiger partial charge in [0.05, 0.1) is 0 Å². The van der Waals surface area contributed by atoms with E-state index in [1.165, 1.54) is 38.5 Å². The maximum atomic E-state index is 12.0. The van der Waals surface area contributed by atoms with Gasteiger partial charge in [0.25, 0.3) is 0 Å². The van der Waals surface area contributed by atoms with Crippen molar-refractivity contribution in [3.8, 4) is 0 Å². The topological polar surface area (TPSA) is 63.3 Å². The van der Waals surface area contributed by atoms with E-state index >= 15 is 0 Å². The zero-order valence-electron chi connectivity index (χ0n) is 18.2. The van der Waals surface area contributed by atoms with E-state index in [0.29, 0.717) is 6.42 Å². The van der Waals surface area contributed by atoms with E-state index in [1.54, 1.807) is 0 Å². The second-order valence-electron chi connectivity index (χ2n) is 7.85. The van der Waals surface area contributed by atoms with Gasteiger partial charge in [-0.05, 0) is 44.4 Å². The molecule has 1 unspecified atom stereocenters. The lowest BCUT2D eigenvalue weighted by Gasteiger charge is -2.23. The van der Waals surface area contributed by atoms with E-state index in [9.17, 15) is 9.90 Å². The minimum atomic E-state index is -0.995. The van der Waals surface area contributed by atoms with Crippen molar-refractivity contribution in [2.45, 2.75) is 116 Å². The highest BCUT2D eigenvalue weighted by Gasteiger charge is 2.25. The van der Waals surface area contributed by atoms with E-state index in [1.807, 2.05) is 13.8 Å². The Morgan fingerprint density at radius 2 is 1.44 bits per heavy atom. The fourth-order valence-corrected chi connectivity index (χ4v) is 3.06. The maximum absolute atomic E-state index is 12.0. The molecule has 0 aliphatic heterocycles. The largest absolute Gasteiger partial charge is 0.384 e. The molecule has 3 heteroatoms. The zero-order valence-corrected chi connectivity index (χ0v) is 18.2. The number of allylic oxidation sites excluding steroid dienone is 4. The number of Topliss-reactive ketones (excluding diaryl/α,β-unsaturated/α-hetero) is 1. The quantitative estimate of drug-likeness (QED) is 0.223. The first-order chi connectivity index (χ1) is 13.0. The van der Waals surface area contributed by atoms with Crippen LogP contribution in [0.3, 0.4) is 0 Å². The number of unbranched alkanes of at least 4 members (excludes halogenated alkanes) is 8. The number of carbonyl (C=O) groups is 1. The molecule has 0 heterocycles. The van der Waals surface area contributed by atoms with Crippen LogP contribution in [0.25, 0.3) is 0 Å². The van der Waals surface area contributed by atoms with Crippen LogP contribution in [0.2, 0.25) is 0 Å². The van der Waals surface area contributed by atoms with Crippen LogP contribution in [0.4, 0.5) is 0 Å². The Labute approximate surface area is 168 Å². The first-order valence-electron chi connectivity index (χ1n) is 11.3. The van der Waals surface area contributed by atoms with Crippen molar-refractivity contribution in [1.82, 2.24) is 0 Å². The Hall–Kier alpha value is -0.930. The van der Waals surface area contributed by atoms with Crippen molar-refractivity contribution in [3.63, 3.8) is 0 Å². The molecule has 0 radical (unpaired) electrons. The summed E-state index contributed by atoms with van der Waals surface area (Å²) in [5.74, 6) is 0.0852. The fraction of sp³-hybridized carbons (Fsp3) is 0.792. The molecule has 0 bridgehead atoms. The number of aliphatic hydroxyl groups excluding tert-OH is 1. The first-order valence-corrected chi connectivity index (χ1v) is 11.3. The van der Waals surface area contributed by atoms with E-state index in [4.69, 9.17) is 5.73 Å². The summed E-state index contributed by atoms with van der Waals surface area (Å²) in [5, 5.41) is 10.0. The van der Waals surface area contributed by atoms with Gasteiger partial charge in [-0.15, -0.1) is 0 Å². The van der Waals surface area contributed by atoms with Gasteiger partial charge in [-0.1, -0.05) is 83.6 Å². The molecule has 0 saturated carbocycles. The fourth-order valence-electron chi connectivity index (χ4n) is 3.06. The van der Waals surface area contributed by atoms with Crippen LogP contribution in [0.15, 0.2) is 24.3 Å². The highest BCUT2D eigenvalue weighted by atomic mass is 16.3. The van der Waals surface area contributed by atoms with E-state index in [2.05, 4.69) is 31.2 Å². The van der Waals surface area contributed by atoms with Crippen molar-refractivity contribution in [2.24, 2.45) is 11.7 Å². The summed E-state index contributed by atoms with van der Waals surface area (Å²) in [7, 11) is 0. The van der Waals surface area contributed by atoms with Crippen molar-refractivity contribution in [3.05, 3.63) is 24.3 Å². The number of nitrogens with two attached hydrogens (primary N) is 1. The molecule has 0 fully saturated rings. The molecule has 158 valence electrons. The van der Waals surface area contributed by atoms with Gasteiger partial charge in [-0.2, -0.15) is 0 Å². The molecule has 0 aliphatic rings. The predicted octanol–water partition coefficient (Wildman–Crippen LogP) is 6.10. The third-order valence-electron chi connectivity index (χ3n) is 5.37. The van der Waals surface area contributed by atoms with Crippen molar-refractivity contribution in [1.29, 1.82) is 0 Å². The average Bonchev–Trinajstić information content (AvgIpc) is 2.68. The Kier molecular flexibility index (Phi) is 17.8. The molecule has 0 rings (SSSR count). The minimum absolute atomic E-state index is 0.0894. The SMILES string of the molecule is CCCCCC=CCC=CCCCCCCCC(=O)C(O)[C@@H](N)[C@@H](C)CC. The molecular weight excluding hydrogens is 334 g/mol. The van der Waals surface area contributed by atoms with Gasteiger partial charge >= 0.3 is 0 Å². The van der Waals surface area contributed by atoms with Crippen molar-refractivity contribution < 1.29 is 9.90 Å². The molecular formula is C24H45NO2. The molecule has 0 aromatic heterocycles. The van der Waals surface area contributed by atoms with Crippen LogP contribution in [-0.4, -0.2) is 23.0 Å². The van der Waals surface area contributed by atoms with Gasteiger partial charge in [0.15, 0.2) is 5.78 Å². The smallest absolute Gasteiger partial charge is 0.162 e. The Morgan fingerprint density at radius 1 is 0.889 bits per heavy atom. The van der Waals surface area contributed by atoms with Crippen LogP contribution in [0, 0.1) is 5.92 Å². The molecule has 0 aromatic rings. The van der Waals surface area contributed by atoms with E-state index < -0.39 is 12.1 Å². The molecule has 0 saturated heterocycles. The maximum Gasteiger partial charge on any atom is 0.162 e. The summed E-state index contributed by atoms with van der Waals surface area (Å²) >= 11 is 0. The summed E-state index contributed by atoms with van der Waals surface area (Å²) in [6.45, 7) is 6.25. The summed E-state index contributed by atoms with van der Waals surface area (Å²) in [4.78, 5) is 12.0. The van der Waals surface area contributed by atoms with Crippen LogP contribution < -0.4 is 5.73 Å². The van der Waals surface area contributed by atoms with E-state index in [-0.39, 0.29) is 11.7 Å². The standard InChI is InChI=1S/C24H45NO2/c1-4-6-7-8-9-10-11-12-13-14-15-16-17-18-19-20-22(26)24(27)23(25)21(3)5-2/h9-10,12-13,21,23-24,27H,4-8,11,14-20,25H2,1-3H3/t21-,23-,24?/m0/s1. The lowest BCUT2D eigenvalue weighted by Crippen LogP contribution is -2.44. The second kappa shape index (κ2) is 18.4. The highest BCUT2D eigenvalue weighted by molar-refractivity contribution is 5.83. The molecule has 0 amide bonds. The normalized spacial score (nSPS) is 15.4. The molecule has 27 heavy (non-hydrogen) atoms. The van der Waals surface area contributed by atoms with Crippen LogP contribution in [-0.2, 0) is 4.79 Å². The van der Waals surface area contributed by atoms with Gasteiger partial charge in [-0.25, -0.2) is 0 Å². The van der Waals surface area contributed by atoms with Gasteiger partial charge in [0.1, 0.15) is 6.10 Å². The van der Waals surface area contributed by atoms with Crippen LogP contribution >= 0.6 is 0 Å². The molecule has 3 N–H and O–H groups in total. The Morgan fingerprint density at radius 3 is 2.04 bits per heavy atom. The van der Waals surface area contributed by atoms with Crippen molar-refractivity contribution >= 4 is 5.78 Å². The summed E-state index contributed by atoms with van der Waals surface area (Å²) in [6.07, 6.45) is 22.3. The average molecular weight is 380 g/mol. The molecule has 0 aromatic carbocycles. The van der Waals surface area contributed by atoms with Gasteiger partial charge in [0, 0.05) is 12.5 Å². The minimum Gasteiger partial charge on any atom is -0.384 e. The van der Waals surface area contributed by atoms with E-state index in [0.717, 1.165) is 38.5 Å². The Bertz CT molecular complexity index is 403. The van der Waals surface area contributed by atoms with Crippen molar-refractivity contribution in [2.75, 3.05) is 0 Å². The van der Waals surface area contributed by atoms with Gasteiger partial charge < -0.3 is 10.8 Å². The number of hydrogen-bond donors (Lipinski definition) is 2. The zero-order chi connectivity index (χ0) is 20.3. The first kappa shape index (κ1) is 26.1. The number of aliphatic hydroxyl groups is 1. The third kappa shape index (κ3) is 14.8. The number of carbonyl (C=O) groups excluding carboxylic acids is 1. The molecule has 0 spiro atoms. The lowest BCUT2D eigenvalue weighted by atomic mass is 9.91. The number of hydrogen-bond acceptors (Lipinski definition) is 3. The summed E-state index contributed by atoms with van der Waals surface area (Å²) in [6, 6.07) is -0.430. The highest BCUT2D eigenvalue weighted by Crippen LogP contribution is 2.13. The number of ketones is 1. The molecule has 3 atom stereocenters. The predicted molar refractivity (Wildman–Crippen MR) is 118 cm³/mol. The Balaban J connectivity index is 3.54.